The highest BCUT2D eigenvalue weighted by atomic mass is 15.3. The summed E-state index contributed by atoms with van der Waals surface area (Å²) in [5, 5.41) is 18.3. The van der Waals surface area contributed by atoms with Crippen molar-refractivity contribution in [3.8, 4) is 34.8 Å². The molecule has 0 bridgehead atoms. The third-order valence-electron chi connectivity index (χ3n) is 4.64. The average Bonchev–Trinajstić information content (AvgIpc) is 3.37. The van der Waals surface area contributed by atoms with Crippen LogP contribution in [0.2, 0.25) is 0 Å². The molecule has 0 radical (unpaired) electrons. The van der Waals surface area contributed by atoms with E-state index in [1.807, 2.05) is 41.1 Å². The Bertz CT molecular complexity index is 1020. The first-order chi connectivity index (χ1) is 12.8. The number of pyridine rings is 1. The molecule has 1 aliphatic rings. The zero-order chi connectivity index (χ0) is 17.9. The van der Waals surface area contributed by atoms with E-state index in [1.165, 1.54) is 0 Å². The smallest absolute Gasteiger partial charge is 0.181 e. The van der Waals surface area contributed by atoms with Crippen molar-refractivity contribution in [3.05, 3.63) is 60.7 Å². The zero-order valence-electron chi connectivity index (χ0n) is 14.1. The maximum atomic E-state index is 9.23. The fourth-order valence-corrected chi connectivity index (χ4v) is 3.33. The van der Waals surface area contributed by atoms with Gasteiger partial charge < -0.3 is 4.57 Å². The van der Waals surface area contributed by atoms with Gasteiger partial charge in [-0.1, -0.05) is 12.1 Å². The number of likely N-dealkylation sites (tertiary alicyclic amines) is 1. The van der Waals surface area contributed by atoms with Crippen LogP contribution in [0.4, 0.5) is 0 Å². The van der Waals surface area contributed by atoms with Crippen molar-refractivity contribution in [2.24, 2.45) is 0 Å². The molecular weight excluding hydrogens is 324 g/mol. The number of aromatic nitrogens is 3. The maximum Gasteiger partial charge on any atom is 0.181 e. The van der Waals surface area contributed by atoms with Gasteiger partial charge in [-0.25, -0.2) is 4.98 Å². The summed E-state index contributed by atoms with van der Waals surface area (Å²) in [5.41, 5.74) is 4.13. The number of hydrogen-bond donors (Lipinski definition) is 0. The number of benzene rings is 1. The van der Waals surface area contributed by atoms with Gasteiger partial charge in [0.15, 0.2) is 6.19 Å². The normalized spacial score (nSPS) is 16.2. The van der Waals surface area contributed by atoms with Crippen molar-refractivity contribution < 1.29 is 0 Å². The van der Waals surface area contributed by atoms with Crippen LogP contribution in [-0.2, 0) is 0 Å². The highest BCUT2D eigenvalue weighted by Crippen LogP contribution is 2.29. The van der Waals surface area contributed by atoms with Crippen LogP contribution in [0.3, 0.4) is 0 Å². The molecule has 26 heavy (non-hydrogen) atoms. The number of nitrogens with zero attached hydrogens (tertiary/aromatic N) is 6. The van der Waals surface area contributed by atoms with E-state index in [-0.39, 0.29) is 6.17 Å². The van der Waals surface area contributed by atoms with Gasteiger partial charge in [-0.05, 0) is 48.2 Å². The summed E-state index contributed by atoms with van der Waals surface area (Å²) in [7, 11) is 0. The highest BCUT2D eigenvalue weighted by molar-refractivity contribution is 5.69. The second-order valence-corrected chi connectivity index (χ2v) is 6.24. The molecule has 0 N–H and O–H groups in total. The van der Waals surface area contributed by atoms with Crippen LogP contribution in [0.15, 0.2) is 55.1 Å². The minimum absolute atomic E-state index is 0.0387. The van der Waals surface area contributed by atoms with Crippen molar-refractivity contribution in [1.29, 1.82) is 10.5 Å². The Morgan fingerprint density at radius 2 is 1.92 bits per heavy atom. The van der Waals surface area contributed by atoms with Crippen LogP contribution in [0.25, 0.3) is 22.5 Å². The lowest BCUT2D eigenvalue weighted by atomic mass is 10.0. The van der Waals surface area contributed by atoms with Crippen molar-refractivity contribution >= 4 is 0 Å². The summed E-state index contributed by atoms with van der Waals surface area (Å²) in [6, 6.07) is 13.6. The van der Waals surface area contributed by atoms with Crippen LogP contribution >= 0.6 is 0 Å². The van der Waals surface area contributed by atoms with Crippen LogP contribution in [-0.4, -0.2) is 26.0 Å². The standard InChI is InChI=1S/C20H16N6/c21-11-15-3-1-4-16(9-15)17-6-7-23-18(10-17)19-12-26(14-24-19)20-5-2-8-25(20)13-22/h1,3-4,6-7,9-10,12,14,20H,2,5,8H2. The van der Waals surface area contributed by atoms with Gasteiger partial charge in [0.2, 0.25) is 0 Å². The SMILES string of the molecule is N#Cc1cccc(-c2ccnc(-c3cn(C4CCCN4C#N)cn3)c2)c1. The molecule has 1 atom stereocenters. The number of hydrogen-bond acceptors (Lipinski definition) is 5. The summed E-state index contributed by atoms with van der Waals surface area (Å²) in [6.45, 7) is 0.789. The summed E-state index contributed by atoms with van der Waals surface area (Å²) >= 11 is 0. The molecule has 4 rings (SSSR count). The van der Waals surface area contributed by atoms with Crippen LogP contribution in [0, 0.1) is 22.8 Å². The van der Waals surface area contributed by atoms with Crippen LogP contribution < -0.4 is 0 Å². The average molecular weight is 340 g/mol. The Kier molecular flexibility index (Phi) is 4.09. The van der Waals surface area contributed by atoms with E-state index in [0.29, 0.717) is 5.56 Å². The zero-order valence-corrected chi connectivity index (χ0v) is 14.1. The minimum Gasteiger partial charge on any atom is -0.315 e. The predicted octanol–water partition coefficient (Wildman–Crippen LogP) is 3.56. The first kappa shape index (κ1) is 15.9. The molecule has 0 saturated carbocycles. The summed E-state index contributed by atoms with van der Waals surface area (Å²) in [6.07, 6.45) is 9.69. The Hall–Kier alpha value is -3.64. The molecule has 0 aliphatic carbocycles. The second-order valence-electron chi connectivity index (χ2n) is 6.24. The van der Waals surface area contributed by atoms with E-state index in [1.54, 1.807) is 23.5 Å². The largest absolute Gasteiger partial charge is 0.315 e. The van der Waals surface area contributed by atoms with Crippen molar-refractivity contribution in [2.75, 3.05) is 6.54 Å². The van der Waals surface area contributed by atoms with Crippen molar-refractivity contribution in [2.45, 2.75) is 19.0 Å². The highest BCUT2D eigenvalue weighted by Gasteiger charge is 2.25. The fraction of sp³-hybridized carbons (Fsp3) is 0.200. The third kappa shape index (κ3) is 2.89. The second kappa shape index (κ2) is 6.70. The molecule has 6 nitrogen and oxygen atoms in total. The van der Waals surface area contributed by atoms with E-state index in [2.05, 4.69) is 22.2 Å². The van der Waals surface area contributed by atoms with Gasteiger partial charge in [0.25, 0.3) is 0 Å². The van der Waals surface area contributed by atoms with Crippen LogP contribution in [0.5, 0.6) is 0 Å². The first-order valence-corrected chi connectivity index (χ1v) is 8.45. The molecule has 6 heteroatoms. The quantitative estimate of drug-likeness (QED) is 0.681. The van der Waals surface area contributed by atoms with E-state index in [9.17, 15) is 5.26 Å². The first-order valence-electron chi connectivity index (χ1n) is 8.45. The number of rotatable bonds is 3. The van der Waals surface area contributed by atoms with E-state index in [0.717, 1.165) is 41.9 Å². The Labute approximate surface area is 151 Å². The maximum absolute atomic E-state index is 9.23. The van der Waals surface area contributed by atoms with Crippen LogP contribution in [0.1, 0.15) is 24.6 Å². The molecule has 1 fully saturated rings. The molecule has 0 amide bonds. The number of imidazole rings is 1. The van der Waals surface area contributed by atoms with E-state index in [4.69, 9.17) is 5.26 Å². The molecule has 0 spiro atoms. The summed E-state index contributed by atoms with van der Waals surface area (Å²) in [5.74, 6) is 0. The lowest BCUT2D eigenvalue weighted by Gasteiger charge is -2.19. The topological polar surface area (TPSA) is 81.5 Å². The van der Waals surface area contributed by atoms with Gasteiger partial charge in [0, 0.05) is 18.9 Å². The molecule has 1 aromatic carbocycles. The fourth-order valence-electron chi connectivity index (χ4n) is 3.33. The van der Waals surface area contributed by atoms with Gasteiger partial charge in [0.05, 0.1) is 23.7 Å². The molecule has 2 aromatic heterocycles. The third-order valence-corrected chi connectivity index (χ3v) is 4.64. The molecule has 3 aromatic rings. The monoisotopic (exact) mass is 340 g/mol. The molecular formula is C20H16N6. The van der Waals surface area contributed by atoms with Gasteiger partial charge in [-0.2, -0.15) is 10.5 Å². The Morgan fingerprint density at radius 1 is 1.04 bits per heavy atom. The van der Waals surface area contributed by atoms with Crippen molar-refractivity contribution in [3.63, 3.8) is 0 Å². The molecule has 1 aliphatic heterocycles. The van der Waals surface area contributed by atoms with Gasteiger partial charge in [-0.15, -0.1) is 0 Å². The Balaban J connectivity index is 1.65. The number of nitriles is 2. The molecule has 1 saturated heterocycles. The van der Waals surface area contributed by atoms with E-state index < -0.39 is 0 Å². The molecule has 126 valence electrons. The van der Waals surface area contributed by atoms with Gasteiger partial charge in [-0.3, -0.25) is 9.88 Å². The van der Waals surface area contributed by atoms with Crippen molar-refractivity contribution in [1.82, 2.24) is 19.4 Å². The van der Waals surface area contributed by atoms with Gasteiger partial charge in [0.1, 0.15) is 11.9 Å². The van der Waals surface area contributed by atoms with Gasteiger partial charge >= 0.3 is 0 Å². The Morgan fingerprint density at radius 3 is 2.77 bits per heavy atom. The molecule has 1 unspecified atom stereocenters. The minimum atomic E-state index is 0.0387. The summed E-state index contributed by atoms with van der Waals surface area (Å²) < 4.78 is 1.98. The lowest BCUT2D eigenvalue weighted by Crippen LogP contribution is -2.21. The van der Waals surface area contributed by atoms with E-state index >= 15 is 0 Å². The molecule has 3 heterocycles. The summed E-state index contributed by atoms with van der Waals surface area (Å²) in [4.78, 5) is 10.7. The predicted molar refractivity (Wildman–Crippen MR) is 96.2 cm³/mol. The lowest BCUT2D eigenvalue weighted by molar-refractivity contribution is 0.281.